The summed E-state index contributed by atoms with van der Waals surface area (Å²) in [5.41, 5.74) is 10.7. The largest absolute Gasteiger partial charge is 0.508 e. The number of likely N-dealkylation sites (N-methyl/N-ethyl adjacent to an activating group) is 1. The van der Waals surface area contributed by atoms with E-state index in [4.69, 9.17) is 80.1 Å². The van der Waals surface area contributed by atoms with Gasteiger partial charge in [0.15, 0.2) is 23.9 Å². The molecule has 676 valence electrons. The lowest BCUT2D eigenvalue weighted by molar-refractivity contribution is -0.334. The molecular weight excluding hydrogens is 1730 g/mol. The lowest BCUT2D eigenvalue weighted by Gasteiger charge is -2.48. The van der Waals surface area contributed by atoms with Gasteiger partial charge in [-0.1, -0.05) is 72.9 Å². The third-order valence-corrected chi connectivity index (χ3v) is 22.3. The number of phenols is 3. The van der Waals surface area contributed by atoms with Crippen molar-refractivity contribution >= 4 is 106 Å². The van der Waals surface area contributed by atoms with Gasteiger partial charge in [0.25, 0.3) is 5.91 Å². The molecule has 2 saturated heterocycles. The van der Waals surface area contributed by atoms with Crippen LogP contribution < -0.4 is 90.1 Å². The summed E-state index contributed by atoms with van der Waals surface area (Å²) >= 11 is 20.2. The second-order valence-corrected chi connectivity index (χ2v) is 32.2. The molecule has 8 heterocycles. The minimum Gasteiger partial charge on any atom is -0.508 e. The van der Waals surface area contributed by atoms with Crippen molar-refractivity contribution in [2.75, 3.05) is 25.5 Å². The van der Waals surface area contributed by atoms with Crippen molar-refractivity contribution in [1.29, 1.82) is 5.41 Å². The van der Waals surface area contributed by atoms with Crippen LogP contribution in [0.5, 0.6) is 46.0 Å². The van der Waals surface area contributed by atoms with Crippen LogP contribution in [0.1, 0.15) is 111 Å². The molecule has 11 bridgehead atoms. The highest BCUT2D eigenvalue weighted by Gasteiger charge is 2.52. The number of aromatic hydroxyl groups is 3. The lowest BCUT2D eigenvalue weighted by Crippen LogP contribution is -2.65. The van der Waals surface area contributed by atoms with Crippen molar-refractivity contribution in [3.05, 3.63) is 180 Å². The van der Waals surface area contributed by atoms with Gasteiger partial charge in [-0.05, 0) is 145 Å². The fourth-order valence-corrected chi connectivity index (χ4v) is 15.6. The van der Waals surface area contributed by atoms with E-state index in [1.165, 1.54) is 55.1 Å². The molecule has 16 unspecified atom stereocenters. The molecule has 9 amide bonds. The second kappa shape index (κ2) is 39.6. The van der Waals surface area contributed by atoms with Gasteiger partial charge in [-0.15, -0.1) is 0 Å². The molecular formula is C82H90Cl3FN16O25. The van der Waals surface area contributed by atoms with Crippen LogP contribution in [0.4, 0.5) is 10.2 Å². The number of aromatic nitrogens is 2. The third-order valence-electron chi connectivity index (χ3n) is 21.4. The number of benzene rings is 6. The number of nitrogens with one attached hydrogen (secondary N) is 12. The number of aliphatic hydroxyl groups excluding tert-OH is 6. The van der Waals surface area contributed by atoms with E-state index in [2.05, 4.69) is 63.7 Å². The molecule has 6 aromatic carbocycles. The summed E-state index contributed by atoms with van der Waals surface area (Å²) in [6.07, 6.45) is -16.0. The van der Waals surface area contributed by atoms with E-state index in [9.17, 15) is 74.3 Å². The number of carbonyl (C=O) groups is 9. The molecule has 7 aromatic rings. The fourth-order valence-electron chi connectivity index (χ4n) is 14.9. The predicted molar refractivity (Wildman–Crippen MR) is 446 cm³/mol. The molecule has 45 heteroatoms. The summed E-state index contributed by atoms with van der Waals surface area (Å²) < 4.78 is 54.3. The molecule has 0 aliphatic carbocycles. The number of hydrogen-bond acceptors (Lipinski definition) is 29. The van der Waals surface area contributed by atoms with Crippen molar-refractivity contribution in [3.8, 4) is 57.1 Å². The van der Waals surface area contributed by atoms with Crippen molar-refractivity contribution in [2.45, 2.75) is 163 Å². The molecule has 7 aliphatic rings. The Kier molecular flexibility index (Phi) is 29.3. The summed E-state index contributed by atoms with van der Waals surface area (Å²) in [4.78, 5) is 150. The van der Waals surface area contributed by atoms with Crippen LogP contribution in [0.15, 0.2) is 120 Å². The number of ether oxygens (including phenoxy) is 6. The van der Waals surface area contributed by atoms with Gasteiger partial charge in [0.05, 0.1) is 46.3 Å². The highest BCUT2D eigenvalue weighted by Crippen LogP contribution is 2.50. The molecule has 25 N–H and O–H groups in total. The smallest absolute Gasteiger partial charge is 0.349 e. The Bertz CT molecular complexity index is 5550. The Labute approximate surface area is 735 Å². The van der Waals surface area contributed by atoms with E-state index in [0.717, 1.165) is 84.9 Å². The van der Waals surface area contributed by atoms with E-state index in [0.29, 0.717) is 5.56 Å². The maximum Gasteiger partial charge on any atom is 0.349 e. The highest BCUT2D eigenvalue weighted by atomic mass is 35.5. The number of carbonyl (C=O) groups excluding carboxylic acids is 9. The zero-order valence-electron chi connectivity index (χ0n) is 67.8. The van der Waals surface area contributed by atoms with E-state index in [-0.39, 0.29) is 53.8 Å². The molecule has 0 spiro atoms. The molecule has 41 nitrogen and oxygen atoms in total. The number of hydrazine groups is 1. The van der Waals surface area contributed by atoms with E-state index in [1.54, 1.807) is 20.8 Å². The second-order valence-electron chi connectivity index (χ2n) is 31.0. The van der Waals surface area contributed by atoms with Crippen LogP contribution in [-0.4, -0.2) is 214 Å². The summed E-state index contributed by atoms with van der Waals surface area (Å²) in [7, 11) is 1.46. The van der Waals surface area contributed by atoms with E-state index >= 15 is 24.0 Å². The average Bonchev–Trinajstić information content (AvgIpc) is 0.767. The molecule has 14 rings (SSSR count). The normalized spacial score (nSPS) is 25.7. The Morgan fingerprint density at radius 1 is 0.732 bits per heavy atom. The van der Waals surface area contributed by atoms with Gasteiger partial charge in [-0.25, -0.2) is 9.18 Å². The number of nitrogens with zero attached hydrogens (tertiary/aromatic N) is 2. The van der Waals surface area contributed by atoms with Gasteiger partial charge < -0.3 is 134 Å². The molecule has 1 aromatic heterocycles. The van der Waals surface area contributed by atoms with Crippen molar-refractivity contribution in [2.24, 2.45) is 17.4 Å². The van der Waals surface area contributed by atoms with Gasteiger partial charge in [0.1, 0.15) is 107 Å². The standard InChI is InChI=1S/C82H90Cl3FN16O25/c1-32(2)20-46(90-5)72(114)98-63-65(109)36-9-13-50(43(84)23-36)123-52-25-38-26-53(69(52)127-79-70(68(112)67(111)54(31-103)125-79)126-58-30-82(4,71(113)33(3)122-58)91-17-19-102-18-16-56(94-81(102)121)93-57(108)15-7-34-6-11-45(86)42(83)21-34)124-51-14-10-37(24-44(51)85)66(110)64-77(119)97-62(78(120)100-101-80(88)89)41-27-39(104)28-49(106)59(41)40-22-35(8-12-48(40)105)60(74(116)99-64)96-75(117)61(38)95-73(115)47(29-55(87)107)92-76(63)118/h6-16,18,21-28,32-33,46-47,54,58,60-68,70-71,79,90-91,103-106,109-113H,17,19-20,29-31H2,1-5H3,(H2,87,107)(H,92,118)(H,95,115)(H,96,117)(H,97,119)(H,98,114)(H,99,116)(H,100,120)(H4,88,89,101)(H,93,94,108,121)/b15-7+/t33?,46?,47?,54?,58?,60?,61?,62-,63?,64?,65?,66?,67?,68?,70?,71?,79?,82+/m1/s1. The minimum absolute atomic E-state index is 0.0684. The molecule has 7 aliphatic heterocycles. The zero-order chi connectivity index (χ0) is 92.1. The van der Waals surface area contributed by atoms with Crippen LogP contribution in [0.3, 0.4) is 0 Å². The minimum atomic E-state index is -2.42. The highest BCUT2D eigenvalue weighted by molar-refractivity contribution is 6.32. The van der Waals surface area contributed by atoms with E-state index in [1.807, 2.05) is 0 Å². The third kappa shape index (κ3) is 21.5. The van der Waals surface area contributed by atoms with Gasteiger partial charge in [0.2, 0.25) is 65.3 Å². The summed E-state index contributed by atoms with van der Waals surface area (Å²) in [5, 5.41) is 137. The monoisotopic (exact) mass is 1820 g/mol. The van der Waals surface area contributed by atoms with Crippen LogP contribution in [0.25, 0.3) is 17.2 Å². The number of aliphatic hydroxyl groups is 6. The van der Waals surface area contributed by atoms with Gasteiger partial charge in [-0.3, -0.25) is 64.0 Å². The van der Waals surface area contributed by atoms with Crippen molar-refractivity contribution in [1.82, 2.24) is 62.9 Å². The quantitative estimate of drug-likeness (QED) is 0.0218. The number of nitrogens with two attached hydrogens (primary N) is 2. The zero-order valence-corrected chi connectivity index (χ0v) is 70.1. The first-order valence-corrected chi connectivity index (χ1v) is 40.4. The first-order valence-electron chi connectivity index (χ1n) is 39.3. The number of anilines is 1. The number of primary amides is 1. The first-order chi connectivity index (χ1) is 60.2. The molecule has 0 saturated carbocycles. The Morgan fingerprint density at radius 2 is 1.39 bits per heavy atom. The first kappa shape index (κ1) is 93.7. The van der Waals surface area contributed by atoms with Gasteiger partial charge in [-0.2, -0.15) is 4.98 Å². The van der Waals surface area contributed by atoms with Crippen LogP contribution in [-0.2, 0) is 63.9 Å². The number of guanidine groups is 1. The molecule has 18 atom stereocenters. The van der Waals surface area contributed by atoms with Crippen molar-refractivity contribution < 1.29 is 122 Å². The van der Waals surface area contributed by atoms with Gasteiger partial charge >= 0.3 is 5.69 Å². The lowest BCUT2D eigenvalue weighted by atomic mass is 9.85. The number of amides is 9. The fraction of sp³-hybridized carbons (Fsp3) is 0.366. The number of phenolic OH excluding ortho intramolecular Hbond substituents is 3. The summed E-state index contributed by atoms with van der Waals surface area (Å²) in [6, 6.07) is 4.11. The van der Waals surface area contributed by atoms with Crippen LogP contribution in [0.2, 0.25) is 15.1 Å². The predicted octanol–water partition coefficient (Wildman–Crippen LogP) is 0.868. The maximum absolute atomic E-state index is 16.3. The average molecular weight is 1830 g/mol. The molecule has 2 fully saturated rings. The SMILES string of the molecule is CNC(CC(C)C)C(=O)NC1C(=O)NC(CC(N)=O)C(=O)NC2C(=O)NC3C(=O)NC(C(=O)N[C@@H](C(=O)NNC(=N)N)c4cc(O)cc(O)c4-c4cc3ccc4O)C(O)c3ccc(c(Cl)c3)Oc3cc2cc(c3OC2OC(CO)C(O)C(O)C2OC2C[C@](C)(NCCn3ccc(NC(=O)/C=C/c4ccc(F)c(Cl)c4)nc3=O)C(O)C(C)O2)Oc2ccc(cc2Cl)C1O. The Morgan fingerprint density at radius 3 is 2.02 bits per heavy atom. The number of halogens is 4. The molecule has 0 radical (unpaired) electrons. The number of fused-ring (bicyclic) bond motifs is 15. The van der Waals surface area contributed by atoms with Crippen LogP contribution >= 0.6 is 34.8 Å². The molecule has 127 heavy (non-hydrogen) atoms. The number of hydrogen-bond donors (Lipinski definition) is 23. The van der Waals surface area contributed by atoms with Gasteiger partial charge in [0, 0.05) is 54.5 Å². The Balaban J connectivity index is 0.994. The van der Waals surface area contributed by atoms with Crippen LogP contribution in [0, 0.1) is 17.1 Å². The maximum atomic E-state index is 16.3. The summed E-state index contributed by atoms with van der Waals surface area (Å²) in [6.45, 7) is 5.45. The Hall–Kier alpha value is -12.4. The topological polar surface area (TPSA) is 634 Å². The van der Waals surface area contributed by atoms with Crippen molar-refractivity contribution in [3.63, 3.8) is 0 Å². The summed E-state index contributed by atoms with van der Waals surface area (Å²) in [5.74, 6) is -18.3. The number of rotatable bonds is 20. The van der Waals surface area contributed by atoms with E-state index < -0.39 is 277 Å².